The zero-order chi connectivity index (χ0) is 14.6. The van der Waals surface area contributed by atoms with E-state index >= 15 is 0 Å². The molecule has 0 aliphatic heterocycles. The summed E-state index contributed by atoms with van der Waals surface area (Å²) >= 11 is 0. The normalized spacial score (nSPS) is 11.3. The third kappa shape index (κ3) is 3.08. The van der Waals surface area contributed by atoms with Gasteiger partial charge in [-0.1, -0.05) is 0 Å². The largest absolute Gasteiger partial charge is 0.369 e. The van der Waals surface area contributed by atoms with E-state index in [4.69, 9.17) is 0 Å². The van der Waals surface area contributed by atoms with Crippen LogP contribution < -0.4 is 10.0 Å². The fourth-order valence-corrected chi connectivity index (χ4v) is 2.87. The molecule has 0 fully saturated rings. The van der Waals surface area contributed by atoms with E-state index in [9.17, 15) is 8.42 Å². The minimum absolute atomic E-state index is 0.117. The van der Waals surface area contributed by atoms with Crippen LogP contribution in [0.1, 0.15) is 13.8 Å². The smallest absolute Gasteiger partial charge is 0.265 e. The van der Waals surface area contributed by atoms with Crippen molar-refractivity contribution in [3.63, 3.8) is 0 Å². The average Bonchev–Trinajstić information content (AvgIpc) is 2.86. The predicted molar refractivity (Wildman–Crippen MR) is 77.1 cm³/mol. The average molecular weight is 295 g/mol. The molecule has 20 heavy (non-hydrogen) atoms. The Hall–Kier alpha value is -2.09. The molecule has 0 radical (unpaired) electrons. The van der Waals surface area contributed by atoms with E-state index in [0.717, 1.165) is 0 Å². The molecule has 7 nitrogen and oxygen atoms in total. The molecule has 0 atom stereocenters. The first-order valence-electron chi connectivity index (χ1n) is 6.31. The van der Waals surface area contributed by atoms with Gasteiger partial charge < -0.3 is 5.32 Å². The van der Waals surface area contributed by atoms with Gasteiger partial charge >= 0.3 is 0 Å². The molecule has 0 amide bonds. The molecule has 2 rings (SSSR count). The number of pyridine rings is 1. The van der Waals surface area contributed by atoms with Crippen LogP contribution in [0, 0.1) is 0 Å². The van der Waals surface area contributed by atoms with Crippen molar-refractivity contribution in [1.29, 1.82) is 0 Å². The van der Waals surface area contributed by atoms with Crippen LogP contribution in [0.5, 0.6) is 0 Å². The standard InChI is InChI=1S/C12H17N5O2S/c1-3-13-12-11(6-5-7-14-12)20(18,19)16-10-8-15-17(4-2)9-10/h5-9,16H,3-4H2,1-2H3,(H,13,14). The van der Waals surface area contributed by atoms with E-state index < -0.39 is 10.0 Å². The number of aryl methyl sites for hydroxylation is 1. The maximum Gasteiger partial charge on any atom is 0.265 e. The lowest BCUT2D eigenvalue weighted by molar-refractivity contribution is 0.601. The summed E-state index contributed by atoms with van der Waals surface area (Å²) in [6.07, 6.45) is 4.66. The van der Waals surface area contributed by atoms with Crippen LogP contribution in [0.15, 0.2) is 35.6 Å². The number of rotatable bonds is 6. The molecular weight excluding hydrogens is 278 g/mol. The fourth-order valence-electron chi connectivity index (χ4n) is 1.71. The number of nitrogens with zero attached hydrogens (tertiary/aromatic N) is 3. The Morgan fingerprint density at radius 2 is 2.15 bits per heavy atom. The van der Waals surface area contributed by atoms with E-state index in [1.165, 1.54) is 12.3 Å². The number of nitrogens with one attached hydrogen (secondary N) is 2. The number of hydrogen-bond donors (Lipinski definition) is 2. The number of sulfonamides is 1. The molecule has 0 aliphatic carbocycles. The Kier molecular flexibility index (Phi) is 4.23. The lowest BCUT2D eigenvalue weighted by Gasteiger charge is -2.10. The molecule has 2 aromatic rings. The van der Waals surface area contributed by atoms with Crippen LogP contribution in [-0.4, -0.2) is 29.7 Å². The predicted octanol–water partition coefficient (Wildman–Crippen LogP) is 1.53. The van der Waals surface area contributed by atoms with Crippen LogP contribution >= 0.6 is 0 Å². The molecule has 0 saturated heterocycles. The molecule has 2 heterocycles. The summed E-state index contributed by atoms with van der Waals surface area (Å²) in [6, 6.07) is 3.10. The van der Waals surface area contributed by atoms with E-state index in [2.05, 4.69) is 20.1 Å². The summed E-state index contributed by atoms with van der Waals surface area (Å²) in [5.74, 6) is 0.338. The van der Waals surface area contributed by atoms with Gasteiger partial charge in [0.05, 0.1) is 11.9 Å². The fraction of sp³-hybridized carbons (Fsp3) is 0.333. The van der Waals surface area contributed by atoms with Crippen molar-refractivity contribution in [3.8, 4) is 0 Å². The highest BCUT2D eigenvalue weighted by Gasteiger charge is 2.19. The van der Waals surface area contributed by atoms with Gasteiger partial charge in [0.25, 0.3) is 10.0 Å². The van der Waals surface area contributed by atoms with Gasteiger partial charge in [0, 0.05) is 25.5 Å². The third-order valence-corrected chi connectivity index (χ3v) is 4.03. The number of hydrogen-bond acceptors (Lipinski definition) is 5. The quantitative estimate of drug-likeness (QED) is 0.843. The molecule has 2 aromatic heterocycles. The zero-order valence-electron chi connectivity index (χ0n) is 11.4. The summed E-state index contributed by atoms with van der Waals surface area (Å²) in [6.45, 7) is 5.07. The number of anilines is 2. The SMILES string of the molecule is CCNc1ncccc1S(=O)(=O)Nc1cnn(CC)c1. The molecule has 0 saturated carbocycles. The second kappa shape index (κ2) is 5.91. The lowest BCUT2D eigenvalue weighted by Crippen LogP contribution is -2.16. The van der Waals surface area contributed by atoms with Crippen LogP contribution in [0.3, 0.4) is 0 Å². The topological polar surface area (TPSA) is 88.9 Å². The maximum absolute atomic E-state index is 12.4. The van der Waals surface area contributed by atoms with Gasteiger partial charge in [-0.05, 0) is 26.0 Å². The van der Waals surface area contributed by atoms with Crippen molar-refractivity contribution in [2.45, 2.75) is 25.3 Å². The van der Waals surface area contributed by atoms with Crippen molar-refractivity contribution >= 4 is 21.5 Å². The molecular formula is C12H17N5O2S. The van der Waals surface area contributed by atoms with Gasteiger partial charge in [0.2, 0.25) is 0 Å². The van der Waals surface area contributed by atoms with E-state index in [-0.39, 0.29) is 4.90 Å². The highest BCUT2D eigenvalue weighted by molar-refractivity contribution is 7.92. The molecule has 0 aromatic carbocycles. The first-order valence-corrected chi connectivity index (χ1v) is 7.79. The van der Waals surface area contributed by atoms with Crippen molar-refractivity contribution in [2.24, 2.45) is 0 Å². The third-order valence-electron chi connectivity index (χ3n) is 2.61. The van der Waals surface area contributed by atoms with Gasteiger partial charge in [-0.25, -0.2) is 13.4 Å². The highest BCUT2D eigenvalue weighted by atomic mass is 32.2. The molecule has 8 heteroatoms. The van der Waals surface area contributed by atoms with Gasteiger partial charge in [-0.3, -0.25) is 9.40 Å². The minimum atomic E-state index is -3.69. The van der Waals surface area contributed by atoms with E-state index in [1.54, 1.807) is 23.1 Å². The van der Waals surface area contributed by atoms with Crippen molar-refractivity contribution in [3.05, 3.63) is 30.7 Å². The summed E-state index contributed by atoms with van der Waals surface area (Å²) in [5.41, 5.74) is 0.429. The first-order chi connectivity index (χ1) is 9.56. The maximum atomic E-state index is 12.4. The Balaban J connectivity index is 2.30. The summed E-state index contributed by atoms with van der Waals surface area (Å²) in [7, 11) is -3.69. The first kappa shape index (κ1) is 14.3. The molecule has 0 unspecified atom stereocenters. The number of aromatic nitrogens is 3. The van der Waals surface area contributed by atoms with Crippen molar-refractivity contribution < 1.29 is 8.42 Å². The molecule has 0 bridgehead atoms. The highest BCUT2D eigenvalue weighted by Crippen LogP contribution is 2.21. The Morgan fingerprint density at radius 1 is 1.35 bits per heavy atom. The van der Waals surface area contributed by atoms with Crippen LogP contribution in [0.25, 0.3) is 0 Å². The van der Waals surface area contributed by atoms with Gasteiger partial charge in [-0.2, -0.15) is 5.10 Å². The monoisotopic (exact) mass is 295 g/mol. The van der Waals surface area contributed by atoms with Crippen LogP contribution in [-0.2, 0) is 16.6 Å². The lowest BCUT2D eigenvalue weighted by atomic mass is 10.4. The van der Waals surface area contributed by atoms with Gasteiger partial charge in [0.1, 0.15) is 10.7 Å². The van der Waals surface area contributed by atoms with E-state index in [1.807, 2.05) is 13.8 Å². The summed E-state index contributed by atoms with van der Waals surface area (Å²) < 4.78 is 28.9. The molecule has 108 valence electrons. The minimum Gasteiger partial charge on any atom is -0.369 e. The van der Waals surface area contributed by atoms with Crippen LogP contribution in [0.2, 0.25) is 0 Å². The second-order valence-electron chi connectivity index (χ2n) is 4.07. The van der Waals surface area contributed by atoms with Crippen molar-refractivity contribution in [1.82, 2.24) is 14.8 Å². The summed E-state index contributed by atoms with van der Waals surface area (Å²) in [5, 5.41) is 6.96. The molecule has 2 N–H and O–H groups in total. The second-order valence-corrected chi connectivity index (χ2v) is 5.72. The van der Waals surface area contributed by atoms with Crippen LogP contribution in [0.4, 0.5) is 11.5 Å². The zero-order valence-corrected chi connectivity index (χ0v) is 12.2. The molecule has 0 aliphatic rings. The van der Waals surface area contributed by atoms with Crippen molar-refractivity contribution in [2.75, 3.05) is 16.6 Å². The van der Waals surface area contributed by atoms with Gasteiger partial charge in [-0.15, -0.1) is 0 Å². The Bertz CT molecular complexity index is 681. The molecule has 0 spiro atoms. The summed E-state index contributed by atoms with van der Waals surface area (Å²) in [4.78, 5) is 4.16. The Morgan fingerprint density at radius 3 is 2.80 bits per heavy atom. The van der Waals surface area contributed by atoms with E-state index in [0.29, 0.717) is 24.6 Å². The van der Waals surface area contributed by atoms with Gasteiger partial charge in [0.15, 0.2) is 0 Å². The Labute approximate surface area is 118 Å².